The number of ether oxygens (including phenoxy) is 1. The molecule has 1 atom stereocenters. The Hall–Kier alpha value is -3.92. The first-order chi connectivity index (χ1) is 18.9. The van der Waals surface area contributed by atoms with Crippen LogP contribution in [0.2, 0.25) is 0 Å². The van der Waals surface area contributed by atoms with E-state index in [-0.39, 0.29) is 28.7 Å². The highest BCUT2D eigenvalue weighted by Crippen LogP contribution is 2.27. The molecule has 0 saturated carbocycles. The number of aryl methyl sites for hydroxylation is 1. The number of carbonyl (C=O) groups excluding carboxylic acids is 2. The van der Waals surface area contributed by atoms with Gasteiger partial charge in [0.15, 0.2) is 0 Å². The molecule has 3 aromatic rings. The summed E-state index contributed by atoms with van der Waals surface area (Å²) in [6.07, 6.45) is 0. The molecule has 0 heterocycles. The summed E-state index contributed by atoms with van der Waals surface area (Å²) in [7, 11) is -4.20. The van der Waals surface area contributed by atoms with E-state index >= 15 is 0 Å². The summed E-state index contributed by atoms with van der Waals surface area (Å²) in [6, 6.07) is 17.4. The third kappa shape index (κ3) is 7.59. The van der Waals surface area contributed by atoms with Gasteiger partial charge in [0, 0.05) is 18.2 Å². The van der Waals surface area contributed by atoms with Gasteiger partial charge in [-0.05, 0) is 77.1 Å². The van der Waals surface area contributed by atoms with Crippen molar-refractivity contribution in [1.82, 2.24) is 10.2 Å². The van der Waals surface area contributed by atoms with Crippen molar-refractivity contribution in [1.29, 1.82) is 0 Å². The summed E-state index contributed by atoms with van der Waals surface area (Å²) in [5.74, 6) is -1.09. The van der Waals surface area contributed by atoms with Crippen LogP contribution in [0.15, 0.2) is 77.7 Å². The Bertz CT molecular complexity index is 1410. The number of hydrogen-bond acceptors (Lipinski definition) is 5. The second-order valence-electron chi connectivity index (χ2n) is 9.70. The fraction of sp³-hybridized carbons (Fsp3) is 0.333. The molecule has 0 radical (unpaired) electrons. The number of nitrogens with zero attached hydrogens (tertiary/aromatic N) is 2. The molecular weight excluding hydrogens is 533 g/mol. The molecule has 3 rings (SSSR count). The van der Waals surface area contributed by atoms with Crippen LogP contribution in [0.25, 0.3) is 0 Å². The topological polar surface area (TPSA) is 96.0 Å². The lowest BCUT2D eigenvalue weighted by atomic mass is 10.1. The molecule has 214 valence electrons. The summed E-state index contributed by atoms with van der Waals surface area (Å²) < 4.78 is 48.8. The number of anilines is 1. The lowest BCUT2D eigenvalue weighted by Crippen LogP contribution is -2.52. The zero-order valence-electron chi connectivity index (χ0n) is 23.4. The molecule has 0 aromatic heterocycles. The number of carbonyl (C=O) groups is 2. The van der Waals surface area contributed by atoms with Crippen molar-refractivity contribution in [2.45, 2.75) is 58.1 Å². The van der Waals surface area contributed by atoms with Crippen LogP contribution in [-0.2, 0) is 26.2 Å². The second-order valence-corrected chi connectivity index (χ2v) is 11.6. The van der Waals surface area contributed by atoms with E-state index in [1.165, 1.54) is 42.2 Å². The first kappa shape index (κ1) is 30.6. The minimum Gasteiger partial charge on any atom is -0.494 e. The van der Waals surface area contributed by atoms with Crippen molar-refractivity contribution in [2.24, 2.45) is 0 Å². The van der Waals surface area contributed by atoms with Crippen molar-refractivity contribution >= 4 is 27.5 Å². The Balaban J connectivity index is 2.04. The maximum atomic E-state index is 14.6. The van der Waals surface area contributed by atoms with Gasteiger partial charge in [-0.2, -0.15) is 0 Å². The standard InChI is InChI=1S/C30H36FN3O5S/c1-6-39-26-15-13-25(14-16-26)34(40(37,38)27-17-11-22(4)12-18-27)20-29(35)33(23(5)30(36)32-21(2)3)19-24-9-7-8-10-28(24)31/h7-18,21,23H,6,19-20H2,1-5H3,(H,32,36)/t23-/m1/s1. The van der Waals surface area contributed by atoms with E-state index in [9.17, 15) is 22.4 Å². The number of nitrogens with one attached hydrogen (secondary N) is 1. The minimum absolute atomic E-state index is 0.00559. The van der Waals surface area contributed by atoms with E-state index in [0.29, 0.717) is 12.4 Å². The molecule has 0 aliphatic rings. The van der Waals surface area contributed by atoms with Crippen LogP contribution in [-0.4, -0.2) is 50.4 Å². The van der Waals surface area contributed by atoms with Gasteiger partial charge >= 0.3 is 0 Å². The van der Waals surface area contributed by atoms with E-state index in [1.807, 2.05) is 13.8 Å². The maximum Gasteiger partial charge on any atom is 0.264 e. The highest BCUT2D eigenvalue weighted by molar-refractivity contribution is 7.92. The van der Waals surface area contributed by atoms with Crippen LogP contribution in [0.1, 0.15) is 38.8 Å². The van der Waals surface area contributed by atoms with E-state index in [2.05, 4.69) is 5.32 Å². The quantitative estimate of drug-likeness (QED) is 0.342. The number of sulfonamides is 1. The van der Waals surface area contributed by atoms with Gasteiger partial charge < -0.3 is 15.0 Å². The third-order valence-corrected chi connectivity index (χ3v) is 8.01. The molecule has 2 amide bonds. The number of halogens is 1. The van der Waals surface area contributed by atoms with Gasteiger partial charge in [0.1, 0.15) is 24.2 Å². The molecule has 0 fully saturated rings. The van der Waals surface area contributed by atoms with Gasteiger partial charge in [0.25, 0.3) is 10.0 Å². The molecule has 0 unspecified atom stereocenters. The molecule has 40 heavy (non-hydrogen) atoms. The Morgan fingerprint density at radius 1 is 0.950 bits per heavy atom. The summed E-state index contributed by atoms with van der Waals surface area (Å²) in [6.45, 7) is 8.38. The highest BCUT2D eigenvalue weighted by atomic mass is 32.2. The summed E-state index contributed by atoms with van der Waals surface area (Å²) in [4.78, 5) is 28.0. The summed E-state index contributed by atoms with van der Waals surface area (Å²) in [5.41, 5.74) is 1.32. The van der Waals surface area contributed by atoms with E-state index in [1.54, 1.807) is 56.3 Å². The van der Waals surface area contributed by atoms with Gasteiger partial charge in [-0.1, -0.05) is 35.9 Å². The van der Waals surface area contributed by atoms with Gasteiger partial charge in [-0.15, -0.1) is 0 Å². The molecule has 0 spiro atoms. The number of rotatable bonds is 12. The molecule has 0 aliphatic heterocycles. The predicted molar refractivity (Wildman–Crippen MR) is 153 cm³/mol. The number of hydrogen-bond donors (Lipinski definition) is 1. The number of benzene rings is 3. The Kier molecular flexibility index (Phi) is 10.3. The first-order valence-electron chi connectivity index (χ1n) is 13.1. The SMILES string of the molecule is CCOc1ccc(N(CC(=O)N(Cc2ccccc2F)[C@H](C)C(=O)NC(C)C)S(=O)(=O)c2ccc(C)cc2)cc1. The average molecular weight is 570 g/mol. The molecule has 0 bridgehead atoms. The Labute approximate surface area is 235 Å². The smallest absolute Gasteiger partial charge is 0.264 e. The van der Waals surface area contributed by atoms with Crippen molar-refractivity contribution < 1.29 is 27.1 Å². The van der Waals surface area contributed by atoms with Crippen LogP contribution in [0, 0.1) is 12.7 Å². The maximum absolute atomic E-state index is 14.6. The van der Waals surface area contributed by atoms with Gasteiger partial charge in [0.05, 0.1) is 17.2 Å². The summed E-state index contributed by atoms with van der Waals surface area (Å²) >= 11 is 0. The minimum atomic E-state index is -4.20. The third-order valence-electron chi connectivity index (χ3n) is 6.22. The molecule has 1 N–H and O–H groups in total. The van der Waals surface area contributed by atoms with Crippen LogP contribution in [0.4, 0.5) is 10.1 Å². The molecule has 3 aromatic carbocycles. The largest absolute Gasteiger partial charge is 0.494 e. The molecule has 8 nitrogen and oxygen atoms in total. The lowest BCUT2D eigenvalue weighted by molar-refractivity contribution is -0.139. The Morgan fingerprint density at radius 2 is 1.57 bits per heavy atom. The van der Waals surface area contributed by atoms with Crippen molar-refractivity contribution in [2.75, 3.05) is 17.5 Å². The fourth-order valence-electron chi connectivity index (χ4n) is 4.04. The van der Waals surface area contributed by atoms with Crippen LogP contribution >= 0.6 is 0 Å². The van der Waals surface area contributed by atoms with E-state index in [0.717, 1.165) is 9.87 Å². The zero-order chi connectivity index (χ0) is 29.4. The molecule has 0 aliphatic carbocycles. The van der Waals surface area contributed by atoms with Gasteiger partial charge in [-0.3, -0.25) is 13.9 Å². The predicted octanol–water partition coefficient (Wildman–Crippen LogP) is 4.67. The van der Waals surface area contributed by atoms with Crippen LogP contribution in [0.5, 0.6) is 5.75 Å². The number of amides is 2. The monoisotopic (exact) mass is 569 g/mol. The van der Waals surface area contributed by atoms with E-state index in [4.69, 9.17) is 4.74 Å². The molecule has 0 saturated heterocycles. The zero-order valence-corrected chi connectivity index (χ0v) is 24.2. The van der Waals surface area contributed by atoms with Crippen molar-refractivity contribution in [3.63, 3.8) is 0 Å². The molecule has 10 heteroatoms. The van der Waals surface area contributed by atoms with Crippen molar-refractivity contribution in [3.05, 3.63) is 89.7 Å². The second kappa shape index (κ2) is 13.4. The van der Waals surface area contributed by atoms with Crippen molar-refractivity contribution in [3.8, 4) is 5.75 Å². The van der Waals surface area contributed by atoms with Gasteiger partial charge in [0.2, 0.25) is 11.8 Å². The average Bonchev–Trinajstić information content (AvgIpc) is 2.91. The van der Waals surface area contributed by atoms with E-state index < -0.39 is 40.2 Å². The fourth-order valence-corrected chi connectivity index (χ4v) is 5.45. The first-order valence-corrected chi connectivity index (χ1v) is 14.5. The summed E-state index contributed by atoms with van der Waals surface area (Å²) in [5, 5.41) is 2.77. The van der Waals surface area contributed by atoms with Crippen LogP contribution < -0.4 is 14.4 Å². The Morgan fingerprint density at radius 3 is 2.15 bits per heavy atom. The highest BCUT2D eigenvalue weighted by Gasteiger charge is 2.33. The normalized spacial score (nSPS) is 12.1. The molecular formula is C30H36FN3O5S. The lowest BCUT2D eigenvalue weighted by Gasteiger charge is -2.32. The van der Waals surface area contributed by atoms with Crippen LogP contribution in [0.3, 0.4) is 0 Å². The van der Waals surface area contributed by atoms with Gasteiger partial charge in [-0.25, -0.2) is 12.8 Å².